The largest absolute Gasteiger partial charge is 0.212 e. The highest BCUT2D eigenvalue weighted by Crippen LogP contribution is 2.11. The van der Waals surface area contributed by atoms with E-state index in [1.54, 1.807) is 0 Å². The first-order valence-electron chi connectivity index (χ1n) is 4.85. The van der Waals surface area contributed by atoms with Crippen LogP contribution in [-0.4, -0.2) is 26.1 Å². The average molecular weight is 238 g/mol. The standard InChI is InChI=1S/C9H16ClNO2S/c10-7-4-8-14(12,13)11-9-5-2-1-3-6-9/h1-2,9,11H,3-8H2. The van der Waals surface area contributed by atoms with E-state index in [1.165, 1.54) is 0 Å². The number of sulfonamides is 1. The molecule has 3 nitrogen and oxygen atoms in total. The maximum absolute atomic E-state index is 11.5. The molecule has 0 fully saturated rings. The van der Waals surface area contributed by atoms with Crippen molar-refractivity contribution in [3.05, 3.63) is 12.2 Å². The van der Waals surface area contributed by atoms with Crippen LogP contribution in [0.3, 0.4) is 0 Å². The van der Waals surface area contributed by atoms with Gasteiger partial charge in [0.15, 0.2) is 0 Å². The van der Waals surface area contributed by atoms with Gasteiger partial charge in [-0.05, 0) is 25.7 Å². The number of hydrogen-bond donors (Lipinski definition) is 1. The van der Waals surface area contributed by atoms with Gasteiger partial charge in [-0.15, -0.1) is 11.6 Å². The monoisotopic (exact) mass is 237 g/mol. The van der Waals surface area contributed by atoms with E-state index >= 15 is 0 Å². The first-order chi connectivity index (χ1) is 6.64. The van der Waals surface area contributed by atoms with Crippen molar-refractivity contribution in [2.45, 2.75) is 31.7 Å². The highest BCUT2D eigenvalue weighted by atomic mass is 35.5. The molecule has 1 aliphatic carbocycles. The van der Waals surface area contributed by atoms with E-state index in [-0.39, 0.29) is 11.8 Å². The summed E-state index contributed by atoms with van der Waals surface area (Å²) in [4.78, 5) is 0. The summed E-state index contributed by atoms with van der Waals surface area (Å²) in [7, 11) is -3.11. The van der Waals surface area contributed by atoms with Crippen molar-refractivity contribution < 1.29 is 8.42 Å². The van der Waals surface area contributed by atoms with Gasteiger partial charge in [-0.2, -0.15) is 0 Å². The zero-order chi connectivity index (χ0) is 10.4. The molecule has 0 aromatic carbocycles. The number of halogens is 1. The molecule has 1 rings (SSSR count). The fourth-order valence-corrected chi connectivity index (χ4v) is 3.11. The molecule has 1 aliphatic rings. The summed E-state index contributed by atoms with van der Waals surface area (Å²) in [6.45, 7) is 0. The Morgan fingerprint density at radius 1 is 1.43 bits per heavy atom. The molecule has 82 valence electrons. The van der Waals surface area contributed by atoms with Gasteiger partial charge in [0, 0.05) is 11.9 Å². The molecule has 1 atom stereocenters. The molecule has 0 amide bonds. The zero-order valence-electron chi connectivity index (χ0n) is 8.08. The van der Waals surface area contributed by atoms with E-state index in [0.717, 1.165) is 19.3 Å². The normalized spacial score (nSPS) is 22.5. The molecule has 0 spiro atoms. The van der Waals surface area contributed by atoms with Crippen LogP contribution in [0.1, 0.15) is 25.7 Å². The maximum atomic E-state index is 11.5. The minimum absolute atomic E-state index is 0.0836. The van der Waals surface area contributed by atoms with Crippen LogP contribution >= 0.6 is 11.6 Å². The van der Waals surface area contributed by atoms with Crippen LogP contribution in [0.4, 0.5) is 0 Å². The fourth-order valence-electron chi connectivity index (χ4n) is 1.46. The topological polar surface area (TPSA) is 46.2 Å². The third kappa shape index (κ3) is 4.44. The van der Waals surface area contributed by atoms with Crippen molar-refractivity contribution in [2.24, 2.45) is 0 Å². The molecule has 0 radical (unpaired) electrons. The average Bonchev–Trinajstić information content (AvgIpc) is 2.16. The molecule has 1 unspecified atom stereocenters. The summed E-state index contributed by atoms with van der Waals surface area (Å²) in [5.74, 6) is 0.530. The van der Waals surface area contributed by atoms with Crippen molar-refractivity contribution in [3.63, 3.8) is 0 Å². The first kappa shape index (κ1) is 12.0. The molecular formula is C9H16ClNO2S. The van der Waals surface area contributed by atoms with Crippen molar-refractivity contribution in [2.75, 3.05) is 11.6 Å². The minimum Gasteiger partial charge on any atom is -0.212 e. The Balaban J connectivity index is 2.38. The summed E-state index contributed by atoms with van der Waals surface area (Å²) in [5, 5.41) is 0. The number of nitrogens with one attached hydrogen (secondary N) is 1. The Bertz CT molecular complexity index is 287. The van der Waals surface area contributed by atoms with Gasteiger partial charge in [0.05, 0.1) is 5.75 Å². The lowest BCUT2D eigenvalue weighted by Crippen LogP contribution is -2.36. The van der Waals surface area contributed by atoms with Crippen LogP contribution < -0.4 is 4.72 Å². The molecule has 0 saturated carbocycles. The lowest BCUT2D eigenvalue weighted by atomic mass is 10.0. The Kier molecular flexibility index (Phi) is 4.92. The van der Waals surface area contributed by atoms with Crippen LogP contribution in [0.2, 0.25) is 0 Å². The van der Waals surface area contributed by atoms with Gasteiger partial charge >= 0.3 is 0 Å². The zero-order valence-corrected chi connectivity index (χ0v) is 9.65. The lowest BCUT2D eigenvalue weighted by Gasteiger charge is -2.18. The molecule has 1 N–H and O–H groups in total. The lowest BCUT2D eigenvalue weighted by molar-refractivity contribution is 0.522. The van der Waals surface area contributed by atoms with E-state index < -0.39 is 10.0 Å². The van der Waals surface area contributed by atoms with Gasteiger partial charge in [-0.1, -0.05) is 12.2 Å². The maximum Gasteiger partial charge on any atom is 0.211 e. The second kappa shape index (κ2) is 5.73. The van der Waals surface area contributed by atoms with Crippen LogP contribution in [0.5, 0.6) is 0 Å². The molecular weight excluding hydrogens is 222 g/mol. The number of alkyl halides is 1. The van der Waals surface area contributed by atoms with E-state index in [4.69, 9.17) is 11.6 Å². The third-order valence-corrected chi connectivity index (χ3v) is 3.95. The predicted molar refractivity (Wildman–Crippen MR) is 59.0 cm³/mol. The third-order valence-electron chi connectivity index (χ3n) is 2.16. The highest BCUT2D eigenvalue weighted by Gasteiger charge is 2.17. The first-order valence-corrected chi connectivity index (χ1v) is 7.04. The van der Waals surface area contributed by atoms with Gasteiger partial charge in [0.2, 0.25) is 10.0 Å². The van der Waals surface area contributed by atoms with Gasteiger partial charge in [0.1, 0.15) is 0 Å². The summed E-state index contributed by atoms with van der Waals surface area (Å²) < 4.78 is 25.6. The molecule has 0 heterocycles. The van der Waals surface area contributed by atoms with Crippen LogP contribution in [0.15, 0.2) is 12.2 Å². The second-order valence-electron chi connectivity index (χ2n) is 3.46. The van der Waals surface area contributed by atoms with E-state index in [0.29, 0.717) is 12.3 Å². The van der Waals surface area contributed by atoms with Crippen molar-refractivity contribution in [1.29, 1.82) is 0 Å². The Morgan fingerprint density at radius 2 is 2.21 bits per heavy atom. The van der Waals surface area contributed by atoms with Gasteiger partial charge in [0.25, 0.3) is 0 Å². The molecule has 0 bridgehead atoms. The van der Waals surface area contributed by atoms with Gasteiger partial charge in [-0.3, -0.25) is 0 Å². The van der Waals surface area contributed by atoms with E-state index in [9.17, 15) is 8.42 Å². The summed E-state index contributed by atoms with van der Waals surface area (Å²) in [5.41, 5.74) is 0. The predicted octanol–water partition coefficient (Wildman–Crippen LogP) is 1.64. The van der Waals surface area contributed by atoms with Crippen LogP contribution in [-0.2, 0) is 10.0 Å². The van der Waals surface area contributed by atoms with E-state index in [2.05, 4.69) is 10.8 Å². The second-order valence-corrected chi connectivity index (χ2v) is 5.71. The summed E-state index contributed by atoms with van der Waals surface area (Å²) in [6.07, 6.45) is 7.29. The Morgan fingerprint density at radius 3 is 2.79 bits per heavy atom. The summed E-state index contributed by atoms with van der Waals surface area (Å²) >= 11 is 5.45. The number of allylic oxidation sites excluding steroid dienone is 1. The van der Waals surface area contributed by atoms with Gasteiger partial charge < -0.3 is 0 Å². The summed E-state index contributed by atoms with van der Waals surface area (Å²) in [6, 6.07) is 0.0836. The molecule has 5 heteroatoms. The van der Waals surface area contributed by atoms with E-state index in [1.807, 2.05) is 6.08 Å². The van der Waals surface area contributed by atoms with Crippen molar-refractivity contribution in [1.82, 2.24) is 4.72 Å². The van der Waals surface area contributed by atoms with Crippen LogP contribution in [0.25, 0.3) is 0 Å². The Labute approximate surface area is 90.6 Å². The smallest absolute Gasteiger partial charge is 0.211 e. The van der Waals surface area contributed by atoms with Crippen molar-refractivity contribution >= 4 is 21.6 Å². The SMILES string of the molecule is O=S(=O)(CCCCl)NC1CC=CCC1. The van der Waals surface area contributed by atoms with Gasteiger partial charge in [-0.25, -0.2) is 13.1 Å². The number of rotatable bonds is 5. The fraction of sp³-hybridized carbons (Fsp3) is 0.778. The van der Waals surface area contributed by atoms with Crippen molar-refractivity contribution in [3.8, 4) is 0 Å². The molecule has 0 aromatic heterocycles. The quantitative estimate of drug-likeness (QED) is 0.584. The molecule has 0 aromatic rings. The number of hydrogen-bond acceptors (Lipinski definition) is 2. The molecule has 0 aliphatic heterocycles. The molecule has 0 saturated heterocycles. The molecule has 14 heavy (non-hydrogen) atoms. The minimum atomic E-state index is -3.11. The highest BCUT2D eigenvalue weighted by molar-refractivity contribution is 7.89. The Hall–Kier alpha value is -0.0600. The van der Waals surface area contributed by atoms with Crippen LogP contribution in [0, 0.1) is 0 Å².